The van der Waals surface area contributed by atoms with Gasteiger partial charge >= 0.3 is 0 Å². The van der Waals surface area contributed by atoms with E-state index in [0.29, 0.717) is 0 Å². The van der Waals surface area contributed by atoms with Crippen LogP contribution in [0.4, 0.5) is 34.1 Å². The summed E-state index contributed by atoms with van der Waals surface area (Å²) in [5, 5.41) is 7.61. The molecule has 12 rings (SSSR count). The number of benzene rings is 10. The summed E-state index contributed by atoms with van der Waals surface area (Å²) in [5.74, 6) is 0. The molecule has 280 valence electrons. The predicted molar refractivity (Wildman–Crippen MR) is 249 cm³/mol. The van der Waals surface area contributed by atoms with Crippen LogP contribution < -0.4 is 9.80 Å². The van der Waals surface area contributed by atoms with Gasteiger partial charge in [-0.05, 0) is 103 Å². The fraction of sp³-hybridized carbons (Fsp3) is 0.0877. The van der Waals surface area contributed by atoms with Crippen LogP contribution in [0.25, 0.3) is 43.4 Å². The molecule has 2 aliphatic rings. The zero-order valence-electron chi connectivity index (χ0n) is 33.4. The monoisotopic (exact) mass is 754 g/mol. The third-order valence-electron chi connectivity index (χ3n) is 13.1. The van der Waals surface area contributed by atoms with Gasteiger partial charge in [-0.15, -0.1) is 0 Å². The van der Waals surface area contributed by atoms with E-state index in [-0.39, 0.29) is 5.41 Å². The number of hydrogen-bond donors (Lipinski definition) is 0. The molecule has 59 heavy (non-hydrogen) atoms. The molecule has 1 aliphatic heterocycles. The highest BCUT2D eigenvalue weighted by atomic mass is 15.2. The van der Waals surface area contributed by atoms with Gasteiger partial charge in [-0.3, -0.25) is 0 Å². The zero-order valence-corrected chi connectivity index (χ0v) is 33.4. The van der Waals surface area contributed by atoms with E-state index >= 15 is 0 Å². The molecule has 0 unspecified atom stereocenters. The van der Waals surface area contributed by atoms with E-state index in [1.807, 2.05) is 0 Å². The highest BCUT2D eigenvalue weighted by molar-refractivity contribution is 6.29. The number of fused-ring (bicyclic) bond motifs is 9. The van der Waals surface area contributed by atoms with Crippen LogP contribution in [0.1, 0.15) is 48.6 Å². The molecule has 0 atom stereocenters. The third kappa shape index (κ3) is 4.69. The topological polar surface area (TPSA) is 6.48 Å². The first kappa shape index (κ1) is 33.9. The van der Waals surface area contributed by atoms with Gasteiger partial charge in [0, 0.05) is 27.5 Å². The summed E-state index contributed by atoms with van der Waals surface area (Å²) in [6.07, 6.45) is 0. The maximum absolute atomic E-state index is 2.57. The van der Waals surface area contributed by atoms with Crippen LogP contribution in [-0.2, 0) is 10.8 Å². The average molecular weight is 755 g/mol. The quantitative estimate of drug-likeness (QED) is 0.165. The van der Waals surface area contributed by atoms with Gasteiger partial charge in [-0.2, -0.15) is 0 Å². The minimum absolute atomic E-state index is 0.0207. The molecule has 0 radical (unpaired) electrons. The molecule has 2 heteroatoms. The van der Waals surface area contributed by atoms with Crippen LogP contribution in [0.5, 0.6) is 0 Å². The van der Waals surface area contributed by atoms with Crippen LogP contribution in [0.2, 0.25) is 0 Å². The summed E-state index contributed by atoms with van der Waals surface area (Å²) >= 11 is 0. The first-order valence-electron chi connectivity index (χ1n) is 20.8. The second-order valence-corrected chi connectivity index (χ2v) is 17.3. The second kappa shape index (κ2) is 12.4. The van der Waals surface area contributed by atoms with E-state index in [0.717, 1.165) is 22.7 Å². The Morgan fingerprint density at radius 3 is 1.39 bits per heavy atom. The number of anilines is 6. The Kier molecular flexibility index (Phi) is 7.14. The Morgan fingerprint density at radius 2 is 0.864 bits per heavy atom. The van der Waals surface area contributed by atoms with Crippen LogP contribution in [0.3, 0.4) is 0 Å². The van der Waals surface area contributed by atoms with E-state index in [1.54, 1.807) is 0 Å². The molecule has 10 aromatic rings. The van der Waals surface area contributed by atoms with Gasteiger partial charge in [-0.25, -0.2) is 0 Å². The number of hydrogen-bond acceptors (Lipinski definition) is 2. The highest BCUT2D eigenvalue weighted by Gasteiger charge is 2.51. The fourth-order valence-corrected chi connectivity index (χ4v) is 10.6. The van der Waals surface area contributed by atoms with E-state index in [4.69, 9.17) is 0 Å². The summed E-state index contributed by atoms with van der Waals surface area (Å²) in [4.78, 5) is 5.02. The molecule has 1 spiro atoms. The van der Waals surface area contributed by atoms with Gasteiger partial charge in [0.15, 0.2) is 0 Å². The Morgan fingerprint density at radius 1 is 0.407 bits per heavy atom. The van der Waals surface area contributed by atoms with Gasteiger partial charge < -0.3 is 9.80 Å². The second-order valence-electron chi connectivity index (χ2n) is 17.3. The molecule has 1 aliphatic carbocycles. The van der Waals surface area contributed by atoms with Crippen molar-refractivity contribution in [3.05, 3.63) is 228 Å². The molecular formula is C57H42N2. The average Bonchev–Trinajstić information content (AvgIpc) is 3.57. The van der Waals surface area contributed by atoms with Crippen molar-refractivity contribution < 1.29 is 0 Å². The molecule has 0 saturated carbocycles. The van der Waals surface area contributed by atoms with Crippen molar-refractivity contribution in [3.8, 4) is 11.1 Å². The standard InChI is InChI=1S/C57H42N2/c1-56(2,3)39-34-37-30-32-44-52(58(40-18-6-4-7-19-40)41-20-8-5-9-21-41)36-53(45-33-31-38(35-39)54(37)55(44)45)59-50-28-16-14-26-48(50)57(49-27-15-17-29-51(49)59)46-24-12-10-22-42(46)43-23-11-13-25-47(43)57/h4-36H,1-3H3. The minimum Gasteiger partial charge on any atom is -0.310 e. The van der Waals surface area contributed by atoms with Gasteiger partial charge in [0.05, 0.1) is 28.2 Å². The first-order chi connectivity index (χ1) is 28.9. The maximum Gasteiger partial charge on any atom is 0.0754 e. The van der Waals surface area contributed by atoms with Crippen LogP contribution in [0, 0.1) is 0 Å². The van der Waals surface area contributed by atoms with E-state index in [9.17, 15) is 0 Å². The third-order valence-corrected chi connectivity index (χ3v) is 13.1. The van der Waals surface area contributed by atoms with E-state index in [2.05, 4.69) is 231 Å². The Hall–Kier alpha value is -7.16. The lowest BCUT2D eigenvalue weighted by Gasteiger charge is -2.45. The minimum atomic E-state index is -0.479. The summed E-state index contributed by atoms with van der Waals surface area (Å²) in [6, 6.07) is 74.9. The van der Waals surface area contributed by atoms with Crippen molar-refractivity contribution in [1.82, 2.24) is 0 Å². The van der Waals surface area contributed by atoms with Gasteiger partial charge in [0.25, 0.3) is 0 Å². The molecule has 1 heterocycles. The normalized spacial score (nSPS) is 13.8. The van der Waals surface area contributed by atoms with E-state index in [1.165, 1.54) is 82.6 Å². The molecule has 0 fully saturated rings. The van der Waals surface area contributed by atoms with Crippen molar-refractivity contribution in [2.45, 2.75) is 31.6 Å². The number of para-hydroxylation sites is 4. The molecular weight excluding hydrogens is 713 g/mol. The predicted octanol–water partition coefficient (Wildman–Crippen LogP) is 15.5. The molecule has 0 amide bonds. The SMILES string of the molecule is CC(C)(C)c1cc2ccc3c(N(c4ccccc4)c4ccccc4)cc(N4c5ccccc5C5(c6ccccc6-c6ccccc65)c5ccccc54)c4ccc(c1)c2c34. The van der Waals surface area contributed by atoms with Crippen molar-refractivity contribution in [3.63, 3.8) is 0 Å². The van der Waals surface area contributed by atoms with Crippen molar-refractivity contribution in [2.24, 2.45) is 0 Å². The van der Waals surface area contributed by atoms with Crippen molar-refractivity contribution in [1.29, 1.82) is 0 Å². The maximum atomic E-state index is 2.57. The lowest BCUT2D eigenvalue weighted by molar-refractivity contribution is 0.591. The van der Waals surface area contributed by atoms with Crippen molar-refractivity contribution in [2.75, 3.05) is 9.80 Å². The smallest absolute Gasteiger partial charge is 0.0754 e. The van der Waals surface area contributed by atoms with E-state index < -0.39 is 5.41 Å². The summed E-state index contributed by atoms with van der Waals surface area (Å²) in [6.45, 7) is 6.94. The number of nitrogens with zero attached hydrogens (tertiary/aromatic N) is 2. The molecule has 0 saturated heterocycles. The van der Waals surface area contributed by atoms with Crippen LogP contribution in [0.15, 0.2) is 200 Å². The summed E-state index contributed by atoms with van der Waals surface area (Å²) in [7, 11) is 0. The zero-order chi connectivity index (χ0) is 39.5. The Balaban J connectivity index is 1.23. The largest absolute Gasteiger partial charge is 0.310 e. The highest BCUT2D eigenvalue weighted by Crippen LogP contribution is 2.64. The molecule has 10 aromatic carbocycles. The van der Waals surface area contributed by atoms with Crippen LogP contribution in [-0.4, -0.2) is 0 Å². The lowest BCUT2D eigenvalue weighted by atomic mass is 9.64. The number of rotatable bonds is 4. The Bertz CT molecular complexity index is 3110. The molecule has 0 bridgehead atoms. The fourth-order valence-electron chi connectivity index (χ4n) is 10.6. The summed E-state index contributed by atoms with van der Waals surface area (Å²) in [5.41, 5.74) is 15.7. The summed E-state index contributed by atoms with van der Waals surface area (Å²) < 4.78 is 0. The van der Waals surface area contributed by atoms with Crippen molar-refractivity contribution >= 4 is 66.4 Å². The van der Waals surface area contributed by atoms with Gasteiger partial charge in [-0.1, -0.05) is 178 Å². The molecule has 0 N–H and O–H groups in total. The molecule has 0 aromatic heterocycles. The van der Waals surface area contributed by atoms with Crippen LogP contribution >= 0.6 is 0 Å². The first-order valence-corrected chi connectivity index (χ1v) is 20.8. The van der Waals surface area contributed by atoms with Gasteiger partial charge in [0.1, 0.15) is 0 Å². The Labute approximate surface area is 345 Å². The molecule has 2 nitrogen and oxygen atoms in total. The van der Waals surface area contributed by atoms with Gasteiger partial charge in [0.2, 0.25) is 0 Å². The lowest BCUT2D eigenvalue weighted by Crippen LogP contribution is -2.36.